The van der Waals surface area contributed by atoms with Crippen molar-refractivity contribution in [2.24, 2.45) is 0 Å². The maximum atomic E-state index is 5.84. The Labute approximate surface area is 81.8 Å². The van der Waals surface area contributed by atoms with Crippen molar-refractivity contribution in [3.8, 4) is 0 Å². The molecular formula is C7H4BrClN2O. The van der Waals surface area contributed by atoms with E-state index >= 15 is 0 Å². The van der Waals surface area contributed by atoms with Crippen LogP contribution in [0.3, 0.4) is 0 Å². The van der Waals surface area contributed by atoms with E-state index in [1.54, 1.807) is 6.20 Å². The molecule has 0 aliphatic rings. The molecule has 2 aromatic heterocycles. The lowest BCUT2D eigenvalue weighted by molar-refractivity contribution is 0.449. The summed E-state index contributed by atoms with van der Waals surface area (Å²) in [5.74, 6) is 0. The summed E-state index contributed by atoms with van der Waals surface area (Å²) in [6, 6.07) is 0. The number of hydrogen-bond donors (Lipinski definition) is 0. The highest BCUT2D eigenvalue weighted by Gasteiger charge is 2.11. The van der Waals surface area contributed by atoms with Gasteiger partial charge in [-0.1, -0.05) is 16.8 Å². The molecule has 5 heteroatoms. The summed E-state index contributed by atoms with van der Waals surface area (Å²) in [6.07, 6.45) is 1.59. The van der Waals surface area contributed by atoms with Crippen molar-refractivity contribution in [1.29, 1.82) is 0 Å². The minimum Gasteiger partial charge on any atom is -0.355 e. The second kappa shape index (κ2) is 2.71. The van der Waals surface area contributed by atoms with E-state index in [1.165, 1.54) is 0 Å². The predicted octanol–water partition coefficient (Wildman–Crippen LogP) is 2.95. The minimum absolute atomic E-state index is 0.423. The van der Waals surface area contributed by atoms with Crippen LogP contribution in [0.1, 0.15) is 5.69 Å². The summed E-state index contributed by atoms with van der Waals surface area (Å²) >= 11 is 9.13. The fraction of sp³-hybridized carbons (Fsp3) is 0.143. The van der Waals surface area contributed by atoms with Crippen molar-refractivity contribution >= 4 is 38.5 Å². The first kappa shape index (κ1) is 8.01. The maximum absolute atomic E-state index is 5.84. The first-order chi connectivity index (χ1) is 5.70. The summed E-state index contributed by atoms with van der Waals surface area (Å²) in [4.78, 5) is 3.96. The molecule has 0 aliphatic carbocycles. The van der Waals surface area contributed by atoms with Crippen molar-refractivity contribution in [3.63, 3.8) is 0 Å². The molecule has 0 aliphatic heterocycles. The third kappa shape index (κ3) is 1.03. The average Bonchev–Trinajstić information content (AvgIpc) is 2.42. The van der Waals surface area contributed by atoms with Crippen molar-refractivity contribution in [3.05, 3.63) is 21.5 Å². The number of nitrogens with zero attached hydrogens (tertiary/aromatic N) is 2. The summed E-state index contributed by atoms with van der Waals surface area (Å²) in [5, 5.41) is 4.98. The summed E-state index contributed by atoms with van der Waals surface area (Å²) in [5.41, 5.74) is 1.40. The Morgan fingerprint density at radius 1 is 1.58 bits per heavy atom. The smallest absolute Gasteiger partial charge is 0.185 e. The summed E-state index contributed by atoms with van der Waals surface area (Å²) in [7, 11) is 0. The van der Waals surface area contributed by atoms with Crippen LogP contribution in [-0.2, 0) is 0 Å². The van der Waals surface area contributed by atoms with Crippen molar-refractivity contribution in [1.82, 2.24) is 10.1 Å². The highest BCUT2D eigenvalue weighted by Crippen LogP contribution is 2.29. The first-order valence-electron chi connectivity index (χ1n) is 3.26. The Morgan fingerprint density at radius 3 is 3.00 bits per heavy atom. The van der Waals surface area contributed by atoms with Crippen molar-refractivity contribution in [2.75, 3.05) is 0 Å². The van der Waals surface area contributed by atoms with Crippen LogP contribution in [0.25, 0.3) is 11.0 Å². The highest BCUT2D eigenvalue weighted by atomic mass is 79.9. The number of aryl methyl sites for hydroxylation is 1. The van der Waals surface area contributed by atoms with Crippen LogP contribution in [0.5, 0.6) is 0 Å². The lowest BCUT2D eigenvalue weighted by Crippen LogP contribution is -1.78. The standard InChI is InChI=1S/C7H4BrClN2O/c1-3-5-6(12-11-3)4(8)2-10-7(5)9/h2H,1H3. The van der Waals surface area contributed by atoms with Gasteiger partial charge in [-0.2, -0.15) is 0 Å². The zero-order valence-corrected chi connectivity index (χ0v) is 8.48. The number of pyridine rings is 1. The van der Waals surface area contributed by atoms with Gasteiger partial charge in [-0.3, -0.25) is 0 Å². The monoisotopic (exact) mass is 246 g/mol. The van der Waals surface area contributed by atoms with Gasteiger partial charge in [0.2, 0.25) is 0 Å². The van der Waals surface area contributed by atoms with Gasteiger partial charge in [-0.15, -0.1) is 0 Å². The van der Waals surface area contributed by atoms with Gasteiger partial charge < -0.3 is 4.52 Å². The Bertz CT molecular complexity index is 440. The molecular weight excluding hydrogens is 243 g/mol. The van der Waals surface area contributed by atoms with E-state index in [9.17, 15) is 0 Å². The predicted molar refractivity (Wildman–Crippen MR) is 49.3 cm³/mol. The number of fused-ring (bicyclic) bond motifs is 1. The molecule has 0 saturated heterocycles. The highest BCUT2D eigenvalue weighted by molar-refractivity contribution is 9.10. The molecule has 0 N–H and O–H groups in total. The van der Waals surface area contributed by atoms with Gasteiger partial charge in [0.1, 0.15) is 5.15 Å². The molecule has 0 atom stereocenters. The van der Waals surface area contributed by atoms with Gasteiger partial charge in [0.15, 0.2) is 5.58 Å². The van der Waals surface area contributed by atoms with E-state index in [4.69, 9.17) is 16.1 Å². The maximum Gasteiger partial charge on any atom is 0.185 e. The average molecular weight is 247 g/mol. The van der Waals surface area contributed by atoms with Crippen molar-refractivity contribution in [2.45, 2.75) is 6.92 Å². The molecule has 12 heavy (non-hydrogen) atoms. The van der Waals surface area contributed by atoms with E-state index in [-0.39, 0.29) is 0 Å². The topological polar surface area (TPSA) is 38.9 Å². The van der Waals surface area contributed by atoms with Gasteiger partial charge in [0, 0.05) is 6.20 Å². The number of halogens is 2. The molecule has 0 unspecified atom stereocenters. The summed E-state index contributed by atoms with van der Waals surface area (Å²) < 4.78 is 5.81. The molecule has 0 saturated carbocycles. The van der Waals surface area contributed by atoms with Gasteiger partial charge in [-0.25, -0.2) is 4.98 Å². The molecule has 2 heterocycles. The minimum atomic E-state index is 0.423. The van der Waals surface area contributed by atoms with E-state index in [0.29, 0.717) is 10.7 Å². The van der Waals surface area contributed by atoms with E-state index in [2.05, 4.69) is 26.1 Å². The van der Waals surface area contributed by atoms with E-state index in [1.807, 2.05) is 6.92 Å². The molecule has 0 spiro atoms. The molecule has 3 nitrogen and oxygen atoms in total. The van der Waals surface area contributed by atoms with Crippen LogP contribution < -0.4 is 0 Å². The van der Waals surface area contributed by atoms with Crippen LogP contribution in [0.15, 0.2) is 15.2 Å². The largest absolute Gasteiger partial charge is 0.355 e. The molecule has 0 aromatic carbocycles. The Hall–Kier alpha value is -0.610. The van der Waals surface area contributed by atoms with Crippen LogP contribution in [0, 0.1) is 6.92 Å². The Kier molecular flexibility index (Phi) is 1.81. The molecule has 0 radical (unpaired) electrons. The number of hydrogen-bond acceptors (Lipinski definition) is 3. The Morgan fingerprint density at radius 2 is 2.33 bits per heavy atom. The molecule has 2 aromatic rings. The first-order valence-corrected chi connectivity index (χ1v) is 4.43. The van der Waals surface area contributed by atoms with Crippen LogP contribution >= 0.6 is 27.5 Å². The molecule has 2 rings (SSSR count). The third-order valence-electron chi connectivity index (χ3n) is 1.58. The second-order valence-electron chi connectivity index (χ2n) is 2.37. The molecule has 62 valence electrons. The number of aromatic nitrogens is 2. The number of rotatable bonds is 0. The van der Waals surface area contributed by atoms with Crippen LogP contribution in [0.4, 0.5) is 0 Å². The normalized spacial score (nSPS) is 10.9. The quantitative estimate of drug-likeness (QED) is 0.672. The van der Waals surface area contributed by atoms with Gasteiger partial charge in [-0.05, 0) is 22.9 Å². The molecule has 0 fully saturated rings. The van der Waals surface area contributed by atoms with Crippen LogP contribution in [0.2, 0.25) is 5.15 Å². The van der Waals surface area contributed by atoms with Crippen molar-refractivity contribution < 1.29 is 4.52 Å². The fourth-order valence-corrected chi connectivity index (χ4v) is 1.66. The SMILES string of the molecule is Cc1noc2c(Br)cnc(Cl)c12. The zero-order chi connectivity index (χ0) is 8.72. The van der Waals surface area contributed by atoms with Gasteiger partial charge in [0.25, 0.3) is 0 Å². The Balaban J connectivity index is 2.98. The van der Waals surface area contributed by atoms with Gasteiger partial charge in [0.05, 0.1) is 15.6 Å². The van der Waals surface area contributed by atoms with E-state index in [0.717, 1.165) is 15.6 Å². The second-order valence-corrected chi connectivity index (χ2v) is 3.58. The lowest BCUT2D eigenvalue weighted by Gasteiger charge is -1.92. The molecule has 0 amide bonds. The van der Waals surface area contributed by atoms with Crippen LogP contribution in [-0.4, -0.2) is 10.1 Å². The lowest BCUT2D eigenvalue weighted by atomic mass is 10.3. The molecule has 0 bridgehead atoms. The van der Waals surface area contributed by atoms with Gasteiger partial charge >= 0.3 is 0 Å². The van der Waals surface area contributed by atoms with E-state index < -0.39 is 0 Å². The summed E-state index contributed by atoms with van der Waals surface area (Å²) in [6.45, 7) is 1.83. The fourth-order valence-electron chi connectivity index (χ4n) is 1.01. The zero-order valence-electron chi connectivity index (χ0n) is 6.14. The third-order valence-corrected chi connectivity index (χ3v) is 2.43.